The lowest BCUT2D eigenvalue weighted by molar-refractivity contribution is -0.0500. The SMILES string of the molecule is Cc1cc(OS(=O)(=O)C(F)(F)F)cc(C)c1Cl. The van der Waals surface area contributed by atoms with Gasteiger partial charge in [-0.3, -0.25) is 0 Å². The minimum absolute atomic E-state index is 0.349. The van der Waals surface area contributed by atoms with Crippen LogP contribution in [0.1, 0.15) is 11.1 Å². The molecule has 0 bridgehead atoms. The quantitative estimate of drug-likeness (QED) is 0.620. The summed E-state index contributed by atoms with van der Waals surface area (Å²) in [6, 6.07) is 2.25. The molecule has 0 saturated carbocycles. The van der Waals surface area contributed by atoms with E-state index in [4.69, 9.17) is 11.6 Å². The molecule has 0 aliphatic carbocycles. The van der Waals surface area contributed by atoms with Gasteiger partial charge in [-0.2, -0.15) is 21.6 Å². The first-order valence-electron chi connectivity index (χ1n) is 4.32. The average molecular weight is 289 g/mol. The Balaban J connectivity index is 3.14. The lowest BCUT2D eigenvalue weighted by atomic mass is 10.1. The minimum Gasteiger partial charge on any atom is -0.376 e. The maximum absolute atomic E-state index is 12.1. The third-order valence-electron chi connectivity index (χ3n) is 1.90. The third-order valence-corrected chi connectivity index (χ3v) is 3.47. The molecule has 0 aliphatic rings. The van der Waals surface area contributed by atoms with Crippen LogP contribution < -0.4 is 4.18 Å². The molecule has 0 unspecified atom stereocenters. The van der Waals surface area contributed by atoms with Crippen molar-refractivity contribution in [1.82, 2.24) is 0 Å². The number of alkyl halides is 3. The van der Waals surface area contributed by atoms with Gasteiger partial charge in [0, 0.05) is 5.02 Å². The number of hydrogen-bond donors (Lipinski definition) is 0. The van der Waals surface area contributed by atoms with Gasteiger partial charge >= 0.3 is 15.6 Å². The van der Waals surface area contributed by atoms with Gasteiger partial charge in [-0.15, -0.1) is 0 Å². The van der Waals surface area contributed by atoms with Gasteiger partial charge in [0.2, 0.25) is 0 Å². The monoisotopic (exact) mass is 288 g/mol. The lowest BCUT2D eigenvalue weighted by Gasteiger charge is -2.11. The highest BCUT2D eigenvalue weighted by molar-refractivity contribution is 7.88. The molecule has 17 heavy (non-hydrogen) atoms. The lowest BCUT2D eigenvalue weighted by Crippen LogP contribution is -2.28. The number of benzene rings is 1. The van der Waals surface area contributed by atoms with Crippen LogP contribution in [0.2, 0.25) is 5.02 Å². The molecule has 0 saturated heterocycles. The van der Waals surface area contributed by atoms with Crippen molar-refractivity contribution in [2.45, 2.75) is 19.4 Å². The molecule has 0 amide bonds. The summed E-state index contributed by atoms with van der Waals surface area (Å²) < 4.78 is 61.7. The van der Waals surface area contributed by atoms with Crippen molar-refractivity contribution in [3.05, 3.63) is 28.3 Å². The van der Waals surface area contributed by atoms with Gasteiger partial charge < -0.3 is 4.18 Å². The summed E-state index contributed by atoms with van der Waals surface area (Å²) in [6.07, 6.45) is 0. The maximum atomic E-state index is 12.1. The van der Waals surface area contributed by atoms with Crippen molar-refractivity contribution >= 4 is 21.7 Å². The highest BCUT2D eigenvalue weighted by Gasteiger charge is 2.48. The second-order valence-corrected chi connectivity index (χ2v) is 5.27. The van der Waals surface area contributed by atoms with Gasteiger partial charge in [-0.05, 0) is 37.1 Å². The summed E-state index contributed by atoms with van der Waals surface area (Å²) in [4.78, 5) is 0. The van der Waals surface area contributed by atoms with E-state index in [2.05, 4.69) is 4.18 Å². The third kappa shape index (κ3) is 3.04. The van der Waals surface area contributed by atoms with Crippen LogP contribution in [0.25, 0.3) is 0 Å². The van der Waals surface area contributed by atoms with Gasteiger partial charge in [0.25, 0.3) is 0 Å². The molecule has 0 spiro atoms. The molecule has 0 radical (unpaired) electrons. The largest absolute Gasteiger partial charge is 0.534 e. The molecule has 0 aliphatic heterocycles. The number of hydrogen-bond acceptors (Lipinski definition) is 3. The van der Waals surface area contributed by atoms with Crippen LogP contribution in [0, 0.1) is 13.8 Å². The van der Waals surface area contributed by atoms with E-state index in [1.807, 2.05) is 0 Å². The van der Waals surface area contributed by atoms with Crippen molar-refractivity contribution in [2.24, 2.45) is 0 Å². The van der Waals surface area contributed by atoms with Crippen molar-refractivity contribution in [1.29, 1.82) is 0 Å². The second kappa shape index (κ2) is 4.38. The zero-order valence-corrected chi connectivity index (χ0v) is 10.4. The van der Waals surface area contributed by atoms with Gasteiger partial charge in [-0.1, -0.05) is 11.6 Å². The van der Waals surface area contributed by atoms with Gasteiger partial charge in [-0.25, -0.2) is 0 Å². The van der Waals surface area contributed by atoms with Gasteiger partial charge in [0.05, 0.1) is 0 Å². The Kier molecular flexibility index (Phi) is 3.63. The molecule has 1 rings (SSSR count). The van der Waals surface area contributed by atoms with Crippen molar-refractivity contribution in [3.8, 4) is 5.75 Å². The van der Waals surface area contributed by atoms with E-state index in [0.29, 0.717) is 16.1 Å². The van der Waals surface area contributed by atoms with E-state index in [-0.39, 0.29) is 0 Å². The van der Waals surface area contributed by atoms with Gasteiger partial charge in [0.15, 0.2) is 0 Å². The Bertz CT molecular complexity index is 514. The smallest absolute Gasteiger partial charge is 0.376 e. The van der Waals surface area contributed by atoms with Crippen molar-refractivity contribution < 1.29 is 25.8 Å². The predicted molar refractivity (Wildman–Crippen MR) is 56.5 cm³/mol. The Labute approximate surface area is 101 Å². The van der Waals surface area contributed by atoms with E-state index in [1.165, 1.54) is 13.8 Å². The van der Waals surface area contributed by atoms with Crippen LogP contribution in [0.5, 0.6) is 5.75 Å². The molecule has 1 aromatic rings. The summed E-state index contributed by atoms with van der Waals surface area (Å²) in [7, 11) is -5.64. The topological polar surface area (TPSA) is 43.4 Å². The molecule has 0 aromatic heterocycles. The summed E-state index contributed by atoms with van der Waals surface area (Å²) >= 11 is 5.78. The molecule has 0 heterocycles. The zero-order valence-electron chi connectivity index (χ0n) is 8.80. The van der Waals surface area contributed by atoms with E-state index < -0.39 is 21.4 Å². The highest BCUT2D eigenvalue weighted by Crippen LogP contribution is 2.30. The number of aryl methyl sites for hydroxylation is 2. The fourth-order valence-electron chi connectivity index (χ4n) is 1.13. The van der Waals surface area contributed by atoms with Crippen LogP contribution in [0.15, 0.2) is 12.1 Å². The molecule has 1 aromatic carbocycles. The van der Waals surface area contributed by atoms with E-state index in [1.54, 1.807) is 0 Å². The van der Waals surface area contributed by atoms with Crippen LogP contribution in [0.3, 0.4) is 0 Å². The summed E-state index contributed by atoms with van der Waals surface area (Å²) in [5.41, 5.74) is -4.59. The fraction of sp³-hybridized carbons (Fsp3) is 0.333. The fourth-order valence-corrected chi connectivity index (χ4v) is 1.68. The molecule has 3 nitrogen and oxygen atoms in total. The molecular formula is C9H8ClF3O3S. The van der Waals surface area contributed by atoms with Crippen LogP contribution in [-0.2, 0) is 10.1 Å². The first-order chi connectivity index (χ1) is 7.54. The predicted octanol–water partition coefficient (Wildman–Crippen LogP) is 3.19. The summed E-state index contributed by atoms with van der Waals surface area (Å²) in [5.74, 6) is -0.415. The zero-order chi connectivity index (χ0) is 13.4. The Morgan fingerprint density at radius 2 is 1.59 bits per heavy atom. The molecule has 8 heteroatoms. The summed E-state index contributed by atoms with van der Waals surface area (Å²) in [5, 5.41) is 0.349. The van der Waals surface area contributed by atoms with Crippen molar-refractivity contribution in [2.75, 3.05) is 0 Å². The van der Waals surface area contributed by atoms with Crippen molar-refractivity contribution in [3.63, 3.8) is 0 Å². The number of rotatable bonds is 2. The first-order valence-corrected chi connectivity index (χ1v) is 6.11. The van der Waals surface area contributed by atoms with E-state index in [0.717, 1.165) is 12.1 Å². The molecule has 0 atom stereocenters. The molecule has 96 valence electrons. The molecule has 0 N–H and O–H groups in total. The Morgan fingerprint density at radius 1 is 1.18 bits per heavy atom. The van der Waals surface area contributed by atoms with Crippen LogP contribution in [-0.4, -0.2) is 13.9 Å². The van der Waals surface area contributed by atoms with E-state index in [9.17, 15) is 21.6 Å². The summed E-state index contributed by atoms with van der Waals surface area (Å²) in [6.45, 7) is 3.06. The maximum Gasteiger partial charge on any atom is 0.534 e. The highest BCUT2D eigenvalue weighted by atomic mass is 35.5. The number of halogens is 4. The molecule has 0 fully saturated rings. The van der Waals surface area contributed by atoms with Crippen LogP contribution in [0.4, 0.5) is 13.2 Å². The Morgan fingerprint density at radius 3 is 1.94 bits per heavy atom. The normalized spacial score (nSPS) is 12.6. The Hall–Kier alpha value is -0.950. The van der Waals surface area contributed by atoms with Crippen LogP contribution >= 0.6 is 11.6 Å². The van der Waals surface area contributed by atoms with E-state index >= 15 is 0 Å². The van der Waals surface area contributed by atoms with Gasteiger partial charge in [0.1, 0.15) is 5.75 Å². The molecular weight excluding hydrogens is 281 g/mol. The standard InChI is InChI=1S/C9H8ClF3O3S/c1-5-3-7(4-6(2)8(5)10)16-17(14,15)9(11,12)13/h3-4H,1-2H3. The average Bonchev–Trinajstić information content (AvgIpc) is 2.11. The first kappa shape index (κ1) is 14.1. The second-order valence-electron chi connectivity index (χ2n) is 3.35. The minimum atomic E-state index is -5.64.